The quantitative estimate of drug-likeness (QED) is 0.240. The standard InChI is InChI=1S/C23H25N5O5S/c1-14(29)24-21-26-18(19(34-21)13-16-5-3-2-4-6-16)12-9-15-7-10-17(11-8-15)25-20(27-22(30)31)28-23(32)33/h2-8,10-11,20,25,27-28H,9,12-13H2,1H3,(H,30,31)(H,32,33)(H,24,26,29). The van der Waals surface area contributed by atoms with E-state index in [1.807, 2.05) is 41.0 Å². The maximum atomic E-state index is 11.5. The van der Waals surface area contributed by atoms with Crippen molar-refractivity contribution in [3.63, 3.8) is 0 Å². The molecule has 0 fully saturated rings. The third-order valence-electron chi connectivity index (χ3n) is 4.72. The summed E-state index contributed by atoms with van der Waals surface area (Å²) in [7, 11) is 0. The molecule has 0 aliphatic rings. The van der Waals surface area contributed by atoms with E-state index in [9.17, 15) is 14.4 Å². The van der Waals surface area contributed by atoms with Crippen molar-refractivity contribution in [3.8, 4) is 0 Å². The average molecular weight is 484 g/mol. The number of benzene rings is 2. The number of thiazole rings is 1. The van der Waals surface area contributed by atoms with Crippen molar-refractivity contribution in [1.82, 2.24) is 15.6 Å². The Morgan fingerprint density at radius 3 is 2.15 bits per heavy atom. The van der Waals surface area contributed by atoms with E-state index in [0.717, 1.165) is 28.1 Å². The van der Waals surface area contributed by atoms with E-state index in [0.29, 0.717) is 23.7 Å². The van der Waals surface area contributed by atoms with Gasteiger partial charge in [-0.25, -0.2) is 14.6 Å². The van der Waals surface area contributed by atoms with Crippen LogP contribution in [0.3, 0.4) is 0 Å². The van der Waals surface area contributed by atoms with Gasteiger partial charge in [-0.2, -0.15) is 0 Å². The molecule has 3 amide bonds. The highest BCUT2D eigenvalue weighted by Crippen LogP contribution is 2.27. The molecule has 0 spiro atoms. The van der Waals surface area contributed by atoms with Crippen molar-refractivity contribution in [3.05, 3.63) is 76.3 Å². The van der Waals surface area contributed by atoms with E-state index in [4.69, 9.17) is 10.2 Å². The van der Waals surface area contributed by atoms with E-state index >= 15 is 0 Å². The SMILES string of the molecule is CC(=O)Nc1nc(CCc2ccc(NC(NC(=O)O)NC(=O)O)cc2)c(Cc2ccccc2)s1. The van der Waals surface area contributed by atoms with Crippen LogP contribution < -0.4 is 21.3 Å². The maximum absolute atomic E-state index is 11.5. The van der Waals surface area contributed by atoms with E-state index in [2.05, 4.69) is 27.8 Å². The lowest BCUT2D eigenvalue weighted by atomic mass is 10.0. The maximum Gasteiger partial charge on any atom is 0.407 e. The summed E-state index contributed by atoms with van der Waals surface area (Å²) in [5.41, 5.74) is 3.66. The van der Waals surface area contributed by atoms with Gasteiger partial charge >= 0.3 is 12.2 Å². The van der Waals surface area contributed by atoms with Crippen LogP contribution >= 0.6 is 11.3 Å². The Balaban J connectivity index is 1.67. The first-order valence-corrected chi connectivity index (χ1v) is 11.2. The molecule has 6 N–H and O–H groups in total. The molecule has 0 unspecified atom stereocenters. The van der Waals surface area contributed by atoms with Gasteiger partial charge in [0.2, 0.25) is 5.91 Å². The molecule has 10 nitrogen and oxygen atoms in total. The summed E-state index contributed by atoms with van der Waals surface area (Å²) in [6.07, 6.45) is -1.81. The number of rotatable bonds is 10. The molecule has 2 aromatic carbocycles. The lowest BCUT2D eigenvalue weighted by Gasteiger charge is -2.19. The van der Waals surface area contributed by atoms with Gasteiger partial charge in [0.25, 0.3) is 0 Å². The van der Waals surface area contributed by atoms with Gasteiger partial charge in [-0.05, 0) is 36.1 Å². The largest absolute Gasteiger partial charge is 0.465 e. The minimum Gasteiger partial charge on any atom is -0.465 e. The van der Waals surface area contributed by atoms with E-state index in [-0.39, 0.29) is 5.91 Å². The highest BCUT2D eigenvalue weighted by Gasteiger charge is 2.15. The highest BCUT2D eigenvalue weighted by atomic mass is 32.1. The summed E-state index contributed by atoms with van der Waals surface area (Å²) in [5.74, 6) is -0.164. The van der Waals surface area contributed by atoms with Gasteiger partial charge in [-0.15, -0.1) is 11.3 Å². The van der Waals surface area contributed by atoms with Crippen molar-refractivity contribution < 1.29 is 24.6 Å². The summed E-state index contributed by atoms with van der Waals surface area (Å²) >= 11 is 1.47. The molecule has 3 aromatic rings. The Morgan fingerprint density at radius 2 is 1.56 bits per heavy atom. The van der Waals surface area contributed by atoms with Gasteiger partial charge in [0.1, 0.15) is 0 Å². The summed E-state index contributed by atoms with van der Waals surface area (Å²) in [6.45, 7) is 1.45. The number of aromatic nitrogens is 1. The van der Waals surface area contributed by atoms with E-state index < -0.39 is 18.5 Å². The van der Waals surface area contributed by atoms with Gasteiger partial charge in [0.15, 0.2) is 11.4 Å². The molecule has 1 heterocycles. The van der Waals surface area contributed by atoms with Gasteiger partial charge < -0.3 is 20.8 Å². The fourth-order valence-corrected chi connectivity index (χ4v) is 4.34. The molecule has 0 aliphatic carbocycles. The minimum atomic E-state index is -1.36. The molecule has 1 aromatic heterocycles. The number of nitrogens with zero attached hydrogens (tertiary/aromatic N) is 1. The van der Waals surface area contributed by atoms with E-state index in [1.165, 1.54) is 18.3 Å². The predicted molar refractivity (Wildman–Crippen MR) is 129 cm³/mol. The van der Waals surface area contributed by atoms with Crippen molar-refractivity contribution >= 4 is 40.2 Å². The molecular weight excluding hydrogens is 458 g/mol. The lowest BCUT2D eigenvalue weighted by molar-refractivity contribution is -0.114. The van der Waals surface area contributed by atoms with E-state index in [1.54, 1.807) is 12.1 Å². The van der Waals surface area contributed by atoms with Crippen LogP contribution in [0.25, 0.3) is 0 Å². The Labute approximate surface area is 200 Å². The van der Waals surface area contributed by atoms with Gasteiger partial charge in [0, 0.05) is 23.9 Å². The number of anilines is 2. The Kier molecular flexibility index (Phi) is 8.41. The van der Waals surface area contributed by atoms with Crippen LogP contribution in [0.1, 0.15) is 28.6 Å². The fraction of sp³-hybridized carbons (Fsp3) is 0.217. The molecule has 11 heteroatoms. The van der Waals surface area contributed by atoms with Crippen LogP contribution in [0.5, 0.6) is 0 Å². The minimum absolute atomic E-state index is 0.164. The molecular formula is C23H25N5O5S. The number of hydrogen-bond donors (Lipinski definition) is 6. The molecule has 0 atom stereocenters. The van der Waals surface area contributed by atoms with Crippen molar-refractivity contribution in [2.75, 3.05) is 10.6 Å². The Morgan fingerprint density at radius 1 is 0.912 bits per heavy atom. The number of amides is 3. The monoisotopic (exact) mass is 483 g/mol. The lowest BCUT2D eigenvalue weighted by Crippen LogP contribution is -2.52. The molecule has 0 bridgehead atoms. The van der Waals surface area contributed by atoms with Gasteiger partial charge in [-0.3, -0.25) is 15.4 Å². The van der Waals surface area contributed by atoms with Crippen LogP contribution in [0.15, 0.2) is 54.6 Å². The van der Waals surface area contributed by atoms with Crippen LogP contribution in [-0.4, -0.2) is 39.6 Å². The Hall–Kier alpha value is -4.12. The number of carbonyl (C=O) groups excluding carboxylic acids is 1. The summed E-state index contributed by atoms with van der Waals surface area (Å²) in [5, 5.41) is 27.9. The van der Waals surface area contributed by atoms with Crippen molar-refractivity contribution in [2.45, 2.75) is 32.5 Å². The number of aryl methyl sites for hydroxylation is 2. The van der Waals surface area contributed by atoms with Crippen molar-refractivity contribution in [2.24, 2.45) is 0 Å². The number of carbonyl (C=O) groups is 3. The summed E-state index contributed by atoms with van der Waals surface area (Å²) in [4.78, 5) is 38.9. The molecule has 0 radical (unpaired) electrons. The van der Waals surface area contributed by atoms with Crippen LogP contribution in [-0.2, 0) is 24.1 Å². The molecule has 34 heavy (non-hydrogen) atoms. The zero-order chi connectivity index (χ0) is 24.5. The van der Waals surface area contributed by atoms with Crippen LogP contribution in [0, 0.1) is 0 Å². The highest BCUT2D eigenvalue weighted by molar-refractivity contribution is 7.15. The molecule has 0 saturated heterocycles. The van der Waals surface area contributed by atoms with Crippen LogP contribution in [0.4, 0.5) is 20.4 Å². The third-order valence-corrected chi connectivity index (χ3v) is 5.73. The molecule has 178 valence electrons. The van der Waals surface area contributed by atoms with Gasteiger partial charge in [0.05, 0.1) is 5.69 Å². The second-order valence-electron chi connectivity index (χ2n) is 7.41. The topological polar surface area (TPSA) is 153 Å². The number of carboxylic acid groups (broad SMARTS) is 2. The predicted octanol–water partition coefficient (Wildman–Crippen LogP) is 3.71. The molecule has 0 aliphatic heterocycles. The fourth-order valence-electron chi connectivity index (χ4n) is 3.25. The molecule has 0 saturated carbocycles. The molecule has 3 rings (SSSR count). The summed E-state index contributed by atoms with van der Waals surface area (Å²) < 4.78 is 0. The zero-order valence-electron chi connectivity index (χ0n) is 18.4. The Bertz CT molecular complexity index is 1120. The normalized spacial score (nSPS) is 10.5. The van der Waals surface area contributed by atoms with Crippen LogP contribution in [0.2, 0.25) is 0 Å². The van der Waals surface area contributed by atoms with Crippen molar-refractivity contribution in [1.29, 1.82) is 0 Å². The third kappa shape index (κ3) is 7.78. The smallest absolute Gasteiger partial charge is 0.407 e. The first kappa shape index (κ1) is 24.5. The number of nitrogens with one attached hydrogen (secondary N) is 4. The van der Waals surface area contributed by atoms with Gasteiger partial charge in [-0.1, -0.05) is 42.5 Å². The summed E-state index contributed by atoms with van der Waals surface area (Å²) in [6, 6.07) is 17.3. The first-order valence-electron chi connectivity index (χ1n) is 10.4. The number of hydrogen-bond acceptors (Lipinski definition) is 6. The first-order chi connectivity index (χ1) is 16.3. The average Bonchev–Trinajstić information content (AvgIpc) is 3.13. The second kappa shape index (κ2) is 11.7. The zero-order valence-corrected chi connectivity index (χ0v) is 19.2. The second-order valence-corrected chi connectivity index (χ2v) is 8.49.